The molecule has 1 aliphatic rings. The fourth-order valence-electron chi connectivity index (χ4n) is 2.88. The van der Waals surface area contributed by atoms with E-state index >= 15 is 0 Å². The molecule has 18 heavy (non-hydrogen) atoms. The number of imidazole rings is 1. The molecule has 0 bridgehead atoms. The molecule has 2 atom stereocenters. The van der Waals surface area contributed by atoms with Crippen molar-refractivity contribution in [2.75, 3.05) is 6.61 Å². The molecule has 2 aromatic rings. The second-order valence-corrected chi connectivity index (χ2v) is 5.01. The highest BCUT2D eigenvalue weighted by Gasteiger charge is 2.27. The molecule has 0 amide bonds. The monoisotopic (exact) mass is 242 g/mol. The third kappa shape index (κ3) is 1.75. The average Bonchev–Trinajstić information content (AvgIpc) is 3.03. The Morgan fingerprint density at radius 2 is 2.28 bits per heavy atom. The van der Waals surface area contributed by atoms with E-state index in [1.807, 2.05) is 19.3 Å². The first-order valence-electron chi connectivity index (χ1n) is 6.52. The van der Waals surface area contributed by atoms with Crippen molar-refractivity contribution in [3.8, 4) is 0 Å². The lowest BCUT2D eigenvalue weighted by molar-refractivity contribution is 0.235. The molecular formula is C15H18N2O. The standard InChI is InChI=1S/C15H18N2O/c1-11(10-18)17-9-8-16-15(17)14-7-6-12-4-2-3-5-13(12)14/h2-5,8-9,11,14,18H,6-7,10H2,1H3. The van der Waals surface area contributed by atoms with Crippen LogP contribution in [0.25, 0.3) is 0 Å². The van der Waals surface area contributed by atoms with Crippen LogP contribution in [-0.4, -0.2) is 21.3 Å². The number of rotatable bonds is 3. The normalized spacial score (nSPS) is 19.8. The molecule has 0 aliphatic heterocycles. The number of fused-ring (bicyclic) bond motifs is 1. The number of aliphatic hydroxyl groups excluding tert-OH is 1. The van der Waals surface area contributed by atoms with Crippen LogP contribution in [0.2, 0.25) is 0 Å². The van der Waals surface area contributed by atoms with E-state index in [1.54, 1.807) is 0 Å². The highest BCUT2D eigenvalue weighted by atomic mass is 16.3. The van der Waals surface area contributed by atoms with Crippen LogP contribution in [0.15, 0.2) is 36.7 Å². The Morgan fingerprint density at radius 1 is 1.44 bits per heavy atom. The van der Waals surface area contributed by atoms with E-state index in [1.165, 1.54) is 11.1 Å². The van der Waals surface area contributed by atoms with Gasteiger partial charge in [0.1, 0.15) is 5.82 Å². The summed E-state index contributed by atoms with van der Waals surface area (Å²) in [5.41, 5.74) is 2.84. The van der Waals surface area contributed by atoms with Crippen molar-refractivity contribution in [3.63, 3.8) is 0 Å². The first-order valence-corrected chi connectivity index (χ1v) is 6.52. The lowest BCUT2D eigenvalue weighted by Crippen LogP contribution is -2.14. The fourth-order valence-corrected chi connectivity index (χ4v) is 2.88. The predicted octanol–water partition coefficient (Wildman–Crippen LogP) is 2.51. The van der Waals surface area contributed by atoms with Gasteiger partial charge in [-0.05, 0) is 30.9 Å². The molecule has 0 saturated carbocycles. The molecular weight excluding hydrogens is 224 g/mol. The van der Waals surface area contributed by atoms with Crippen LogP contribution in [0.5, 0.6) is 0 Å². The van der Waals surface area contributed by atoms with Gasteiger partial charge in [0.05, 0.1) is 12.6 Å². The third-order valence-electron chi connectivity index (χ3n) is 3.88. The molecule has 1 N–H and O–H groups in total. The van der Waals surface area contributed by atoms with E-state index in [9.17, 15) is 5.11 Å². The zero-order chi connectivity index (χ0) is 12.5. The minimum Gasteiger partial charge on any atom is -0.394 e. The number of benzene rings is 1. The summed E-state index contributed by atoms with van der Waals surface area (Å²) in [7, 11) is 0. The predicted molar refractivity (Wildman–Crippen MR) is 70.6 cm³/mol. The highest BCUT2D eigenvalue weighted by molar-refractivity contribution is 5.38. The van der Waals surface area contributed by atoms with Crippen molar-refractivity contribution in [1.29, 1.82) is 0 Å². The Morgan fingerprint density at radius 3 is 3.11 bits per heavy atom. The Labute approximate surface area is 107 Å². The van der Waals surface area contributed by atoms with E-state index in [0.29, 0.717) is 5.92 Å². The van der Waals surface area contributed by atoms with Gasteiger partial charge in [0.2, 0.25) is 0 Å². The summed E-state index contributed by atoms with van der Waals surface area (Å²) in [5.74, 6) is 1.46. The molecule has 0 radical (unpaired) electrons. The van der Waals surface area contributed by atoms with Crippen molar-refractivity contribution in [2.24, 2.45) is 0 Å². The molecule has 1 heterocycles. The Bertz CT molecular complexity index is 547. The second-order valence-electron chi connectivity index (χ2n) is 5.01. The van der Waals surface area contributed by atoms with Gasteiger partial charge in [-0.1, -0.05) is 24.3 Å². The topological polar surface area (TPSA) is 38.0 Å². The smallest absolute Gasteiger partial charge is 0.116 e. The van der Waals surface area contributed by atoms with Crippen LogP contribution in [-0.2, 0) is 6.42 Å². The van der Waals surface area contributed by atoms with Gasteiger partial charge in [0, 0.05) is 18.3 Å². The molecule has 3 rings (SSSR count). The third-order valence-corrected chi connectivity index (χ3v) is 3.88. The van der Waals surface area contributed by atoms with Crippen molar-refractivity contribution in [2.45, 2.75) is 31.7 Å². The number of aliphatic hydroxyl groups is 1. The quantitative estimate of drug-likeness (QED) is 0.898. The molecule has 3 nitrogen and oxygen atoms in total. The summed E-state index contributed by atoms with van der Waals surface area (Å²) in [4.78, 5) is 4.52. The molecule has 3 heteroatoms. The van der Waals surface area contributed by atoms with E-state index in [0.717, 1.165) is 18.7 Å². The molecule has 1 aromatic carbocycles. The average molecular weight is 242 g/mol. The Kier molecular flexibility index (Phi) is 2.92. The van der Waals surface area contributed by atoms with Crippen molar-refractivity contribution in [3.05, 3.63) is 53.6 Å². The molecule has 2 unspecified atom stereocenters. The molecule has 0 spiro atoms. The second kappa shape index (κ2) is 4.58. The number of hydrogen-bond donors (Lipinski definition) is 1. The van der Waals surface area contributed by atoms with Crippen molar-refractivity contribution >= 4 is 0 Å². The van der Waals surface area contributed by atoms with E-state index in [-0.39, 0.29) is 12.6 Å². The SMILES string of the molecule is CC(CO)n1ccnc1C1CCc2ccccc21. The van der Waals surface area contributed by atoms with Gasteiger partial charge in [0.25, 0.3) is 0 Å². The molecule has 1 aliphatic carbocycles. The summed E-state index contributed by atoms with van der Waals surface area (Å²) >= 11 is 0. The van der Waals surface area contributed by atoms with Gasteiger partial charge in [-0.3, -0.25) is 0 Å². The zero-order valence-electron chi connectivity index (χ0n) is 10.6. The molecule has 1 aromatic heterocycles. The van der Waals surface area contributed by atoms with Crippen LogP contribution >= 0.6 is 0 Å². The number of aryl methyl sites for hydroxylation is 1. The van der Waals surface area contributed by atoms with E-state index < -0.39 is 0 Å². The van der Waals surface area contributed by atoms with E-state index in [2.05, 4.69) is 33.8 Å². The minimum absolute atomic E-state index is 0.0928. The minimum atomic E-state index is 0.0928. The lowest BCUT2D eigenvalue weighted by atomic mass is 10.0. The number of aromatic nitrogens is 2. The van der Waals surface area contributed by atoms with Crippen molar-refractivity contribution in [1.82, 2.24) is 9.55 Å². The maximum Gasteiger partial charge on any atom is 0.116 e. The van der Waals surface area contributed by atoms with Gasteiger partial charge in [-0.25, -0.2) is 4.98 Å². The summed E-state index contributed by atoms with van der Waals surface area (Å²) in [5, 5.41) is 9.32. The van der Waals surface area contributed by atoms with E-state index in [4.69, 9.17) is 0 Å². The molecule has 94 valence electrons. The molecule has 0 saturated heterocycles. The van der Waals surface area contributed by atoms with Crippen LogP contribution in [0.4, 0.5) is 0 Å². The zero-order valence-corrected chi connectivity index (χ0v) is 10.6. The summed E-state index contributed by atoms with van der Waals surface area (Å²) in [6, 6.07) is 8.70. The maximum atomic E-state index is 9.32. The lowest BCUT2D eigenvalue weighted by Gasteiger charge is -2.18. The fraction of sp³-hybridized carbons (Fsp3) is 0.400. The molecule has 0 fully saturated rings. The number of nitrogens with zero attached hydrogens (tertiary/aromatic N) is 2. The summed E-state index contributed by atoms with van der Waals surface area (Å²) in [6.45, 7) is 2.17. The Hall–Kier alpha value is -1.61. The highest BCUT2D eigenvalue weighted by Crippen LogP contribution is 2.37. The van der Waals surface area contributed by atoms with Crippen LogP contribution in [0.1, 0.15) is 42.3 Å². The van der Waals surface area contributed by atoms with Gasteiger partial charge in [-0.15, -0.1) is 0 Å². The van der Waals surface area contributed by atoms with Crippen LogP contribution in [0, 0.1) is 0 Å². The number of hydrogen-bond acceptors (Lipinski definition) is 2. The first kappa shape index (κ1) is 11.5. The van der Waals surface area contributed by atoms with Gasteiger partial charge < -0.3 is 9.67 Å². The van der Waals surface area contributed by atoms with Crippen LogP contribution < -0.4 is 0 Å². The largest absolute Gasteiger partial charge is 0.394 e. The van der Waals surface area contributed by atoms with Gasteiger partial charge in [0.15, 0.2) is 0 Å². The maximum absolute atomic E-state index is 9.32. The van der Waals surface area contributed by atoms with Crippen molar-refractivity contribution < 1.29 is 5.11 Å². The van der Waals surface area contributed by atoms with Gasteiger partial charge >= 0.3 is 0 Å². The van der Waals surface area contributed by atoms with Crippen LogP contribution in [0.3, 0.4) is 0 Å². The first-order chi connectivity index (χ1) is 8.81. The van der Waals surface area contributed by atoms with Gasteiger partial charge in [-0.2, -0.15) is 0 Å². The summed E-state index contributed by atoms with van der Waals surface area (Å²) < 4.78 is 2.10. The summed E-state index contributed by atoms with van der Waals surface area (Å²) in [6.07, 6.45) is 6.05. The Balaban J connectivity index is 2.00.